The van der Waals surface area contributed by atoms with Crippen LogP contribution in [0.1, 0.15) is 30.4 Å². The SMILES string of the molecule is Cc1cccc(C[C@H](O)C=C[C@@H]2[C@H]3CC(CCSCCN4CCOCC4)=C[C@H]3C[C@H]2O)c1. The van der Waals surface area contributed by atoms with E-state index in [1.54, 1.807) is 5.57 Å². The number of aryl methyl sites for hydroxylation is 1. The van der Waals surface area contributed by atoms with Crippen LogP contribution in [0.5, 0.6) is 0 Å². The number of benzene rings is 1. The lowest BCUT2D eigenvalue weighted by atomic mass is 9.88. The van der Waals surface area contributed by atoms with E-state index < -0.39 is 6.10 Å². The standard InChI is InChI=1S/C27H39NO3S/c1-20-3-2-4-21(15-20)17-24(29)5-6-25-26-18-22(16-23(26)19-27(25)30)7-13-32-14-10-28-8-11-31-12-9-28/h2-6,15-16,23-27,29-30H,7-14,17-19H2,1H3/t23-,24+,25+,26-,27+/m0/s1. The van der Waals surface area contributed by atoms with Crippen molar-refractivity contribution in [3.8, 4) is 0 Å². The van der Waals surface area contributed by atoms with Crippen molar-refractivity contribution in [3.05, 3.63) is 59.2 Å². The summed E-state index contributed by atoms with van der Waals surface area (Å²) in [5, 5.41) is 21.1. The molecule has 1 heterocycles. The van der Waals surface area contributed by atoms with Crippen molar-refractivity contribution < 1.29 is 14.9 Å². The minimum absolute atomic E-state index is 0.162. The van der Waals surface area contributed by atoms with Crippen LogP contribution in [0.2, 0.25) is 0 Å². The molecule has 1 saturated carbocycles. The number of hydrogen-bond acceptors (Lipinski definition) is 5. The van der Waals surface area contributed by atoms with Crippen LogP contribution >= 0.6 is 11.8 Å². The lowest BCUT2D eigenvalue weighted by Gasteiger charge is -2.26. The van der Waals surface area contributed by atoms with E-state index in [1.807, 2.05) is 12.1 Å². The predicted octanol–water partition coefficient (Wildman–Crippen LogP) is 3.85. The Labute approximate surface area is 197 Å². The molecule has 0 aromatic heterocycles. The first-order valence-corrected chi connectivity index (χ1v) is 13.4. The van der Waals surface area contributed by atoms with Crippen LogP contribution in [0.25, 0.3) is 0 Å². The molecule has 1 aromatic carbocycles. The summed E-state index contributed by atoms with van der Waals surface area (Å²) in [6, 6.07) is 8.31. The molecule has 4 rings (SSSR count). The zero-order chi connectivity index (χ0) is 22.3. The Morgan fingerprint density at radius 1 is 1.25 bits per heavy atom. The van der Waals surface area contributed by atoms with Gasteiger partial charge in [-0.1, -0.05) is 53.6 Å². The number of hydrogen-bond donors (Lipinski definition) is 2. The van der Waals surface area contributed by atoms with Crippen LogP contribution in [-0.4, -0.2) is 71.7 Å². The molecule has 0 bridgehead atoms. The molecule has 2 N–H and O–H groups in total. The largest absolute Gasteiger partial charge is 0.392 e. The Kier molecular flexibility index (Phi) is 8.90. The minimum atomic E-state index is -0.500. The summed E-state index contributed by atoms with van der Waals surface area (Å²) < 4.78 is 5.42. The summed E-state index contributed by atoms with van der Waals surface area (Å²) in [6.07, 6.45) is 9.45. The topological polar surface area (TPSA) is 52.9 Å². The zero-order valence-corrected chi connectivity index (χ0v) is 20.2. The Morgan fingerprint density at radius 2 is 2.09 bits per heavy atom. The molecule has 2 aliphatic carbocycles. The highest BCUT2D eigenvalue weighted by atomic mass is 32.2. The second kappa shape index (κ2) is 11.8. The summed E-state index contributed by atoms with van der Waals surface area (Å²) in [7, 11) is 0. The summed E-state index contributed by atoms with van der Waals surface area (Å²) in [6.45, 7) is 7.16. The van der Waals surface area contributed by atoms with Gasteiger partial charge in [-0.2, -0.15) is 11.8 Å². The van der Waals surface area contributed by atoms with E-state index in [-0.39, 0.29) is 12.0 Å². The number of ether oxygens (including phenoxy) is 1. The van der Waals surface area contributed by atoms with Crippen molar-refractivity contribution in [1.29, 1.82) is 0 Å². The Balaban J connectivity index is 1.19. The third-order valence-electron chi connectivity index (χ3n) is 7.26. The first kappa shape index (κ1) is 24.0. The van der Waals surface area contributed by atoms with Gasteiger partial charge in [0, 0.05) is 37.7 Å². The molecule has 0 amide bonds. The van der Waals surface area contributed by atoms with E-state index in [9.17, 15) is 10.2 Å². The van der Waals surface area contributed by atoms with Gasteiger partial charge in [-0.3, -0.25) is 4.90 Å². The summed E-state index contributed by atoms with van der Waals surface area (Å²) in [5.74, 6) is 3.55. The smallest absolute Gasteiger partial charge is 0.0761 e. The second-order valence-corrected chi connectivity index (χ2v) is 10.9. The van der Waals surface area contributed by atoms with Crippen molar-refractivity contribution in [3.63, 3.8) is 0 Å². The quantitative estimate of drug-likeness (QED) is 0.413. The van der Waals surface area contributed by atoms with Gasteiger partial charge in [0.15, 0.2) is 0 Å². The maximum atomic E-state index is 10.6. The highest BCUT2D eigenvalue weighted by molar-refractivity contribution is 7.99. The fourth-order valence-corrected chi connectivity index (χ4v) is 6.52. The van der Waals surface area contributed by atoms with Gasteiger partial charge >= 0.3 is 0 Å². The highest BCUT2D eigenvalue weighted by Gasteiger charge is 2.43. The molecule has 1 saturated heterocycles. The molecule has 0 spiro atoms. The molecular weight excluding hydrogens is 418 g/mol. The first-order valence-electron chi connectivity index (χ1n) is 12.3. The molecular formula is C27H39NO3S. The number of nitrogens with zero attached hydrogens (tertiary/aromatic N) is 1. The van der Waals surface area contributed by atoms with Gasteiger partial charge in [0.05, 0.1) is 25.4 Å². The number of allylic oxidation sites excluding steroid dienone is 2. The highest BCUT2D eigenvalue weighted by Crippen LogP contribution is 2.48. The molecule has 0 radical (unpaired) electrons. The zero-order valence-electron chi connectivity index (χ0n) is 19.4. The van der Waals surface area contributed by atoms with E-state index in [4.69, 9.17) is 4.74 Å². The average molecular weight is 458 g/mol. The number of aliphatic hydroxyl groups excluding tert-OH is 2. The fraction of sp³-hybridized carbons (Fsp3) is 0.630. The van der Waals surface area contributed by atoms with Crippen molar-refractivity contribution in [2.45, 2.75) is 44.8 Å². The molecule has 3 aliphatic rings. The van der Waals surface area contributed by atoms with Gasteiger partial charge in [0.1, 0.15) is 0 Å². The number of thioether (sulfide) groups is 1. The van der Waals surface area contributed by atoms with E-state index in [0.29, 0.717) is 18.3 Å². The minimum Gasteiger partial charge on any atom is -0.392 e. The van der Waals surface area contributed by atoms with Gasteiger partial charge in [0.2, 0.25) is 0 Å². The number of morpholine rings is 1. The van der Waals surface area contributed by atoms with Crippen LogP contribution in [0.15, 0.2) is 48.1 Å². The van der Waals surface area contributed by atoms with E-state index in [1.165, 1.54) is 30.0 Å². The predicted molar refractivity (Wildman–Crippen MR) is 133 cm³/mol. The third kappa shape index (κ3) is 6.71. The Morgan fingerprint density at radius 3 is 2.91 bits per heavy atom. The molecule has 2 fully saturated rings. The number of fused-ring (bicyclic) bond motifs is 1. The molecule has 1 aliphatic heterocycles. The molecule has 176 valence electrons. The van der Waals surface area contributed by atoms with Gasteiger partial charge in [-0.15, -0.1) is 0 Å². The number of rotatable bonds is 10. The van der Waals surface area contributed by atoms with Crippen LogP contribution in [-0.2, 0) is 11.2 Å². The van der Waals surface area contributed by atoms with Gasteiger partial charge in [-0.25, -0.2) is 0 Å². The fourth-order valence-electron chi connectivity index (χ4n) is 5.52. The lowest BCUT2D eigenvalue weighted by Crippen LogP contribution is -2.37. The van der Waals surface area contributed by atoms with Gasteiger partial charge in [-0.05, 0) is 49.3 Å². The van der Waals surface area contributed by atoms with E-state index >= 15 is 0 Å². The number of aliphatic hydroxyl groups is 2. The summed E-state index contributed by atoms with van der Waals surface area (Å²) in [4.78, 5) is 2.50. The maximum absolute atomic E-state index is 10.6. The summed E-state index contributed by atoms with van der Waals surface area (Å²) in [5.41, 5.74) is 3.95. The maximum Gasteiger partial charge on any atom is 0.0761 e. The lowest BCUT2D eigenvalue weighted by molar-refractivity contribution is 0.0410. The molecule has 1 aromatic rings. The van der Waals surface area contributed by atoms with Gasteiger partial charge in [0.25, 0.3) is 0 Å². The van der Waals surface area contributed by atoms with E-state index in [2.05, 4.69) is 53.9 Å². The van der Waals surface area contributed by atoms with Crippen molar-refractivity contribution in [2.75, 3.05) is 44.4 Å². The van der Waals surface area contributed by atoms with Crippen molar-refractivity contribution in [1.82, 2.24) is 4.90 Å². The first-order chi connectivity index (χ1) is 15.6. The van der Waals surface area contributed by atoms with Crippen LogP contribution < -0.4 is 0 Å². The Hall–Kier alpha value is -1.11. The van der Waals surface area contributed by atoms with Crippen LogP contribution in [0.3, 0.4) is 0 Å². The molecule has 0 unspecified atom stereocenters. The molecule has 4 nitrogen and oxygen atoms in total. The molecule has 32 heavy (non-hydrogen) atoms. The van der Waals surface area contributed by atoms with Gasteiger partial charge < -0.3 is 14.9 Å². The summed E-state index contributed by atoms with van der Waals surface area (Å²) >= 11 is 2.06. The second-order valence-electron chi connectivity index (χ2n) is 9.70. The van der Waals surface area contributed by atoms with Crippen molar-refractivity contribution >= 4 is 11.8 Å². The van der Waals surface area contributed by atoms with Crippen molar-refractivity contribution in [2.24, 2.45) is 17.8 Å². The molecule has 5 atom stereocenters. The third-order valence-corrected chi connectivity index (χ3v) is 8.22. The van der Waals surface area contributed by atoms with Crippen LogP contribution in [0.4, 0.5) is 0 Å². The average Bonchev–Trinajstić information content (AvgIpc) is 3.29. The van der Waals surface area contributed by atoms with Crippen LogP contribution in [0, 0.1) is 24.7 Å². The normalized spacial score (nSPS) is 29.4. The van der Waals surface area contributed by atoms with E-state index in [0.717, 1.165) is 44.7 Å². The molecule has 5 heteroatoms. The monoisotopic (exact) mass is 457 g/mol. The Bertz CT molecular complexity index is 789.